The zero-order valence-electron chi connectivity index (χ0n) is 8.60. The van der Waals surface area contributed by atoms with Gasteiger partial charge in [0, 0.05) is 19.2 Å². The van der Waals surface area contributed by atoms with Crippen molar-refractivity contribution in [2.24, 2.45) is 0 Å². The number of rotatable bonds is 3. The first kappa shape index (κ1) is 11.4. The summed E-state index contributed by atoms with van der Waals surface area (Å²) in [6.45, 7) is 1.61. The predicted molar refractivity (Wildman–Crippen MR) is 52.4 cm³/mol. The van der Waals surface area contributed by atoms with Crippen molar-refractivity contribution in [2.75, 3.05) is 13.2 Å². The Morgan fingerprint density at radius 1 is 1.25 bits per heavy atom. The van der Waals surface area contributed by atoms with Crippen molar-refractivity contribution >= 4 is 0 Å². The number of hydrogen-bond donors (Lipinski definition) is 1. The van der Waals surface area contributed by atoms with Crippen LogP contribution in [0.2, 0.25) is 0 Å². The van der Waals surface area contributed by atoms with Gasteiger partial charge >= 0.3 is 0 Å². The zero-order chi connectivity index (χ0) is 11.5. The highest BCUT2D eigenvalue weighted by Crippen LogP contribution is 2.14. The lowest BCUT2D eigenvalue weighted by Gasteiger charge is -2.10. The molecule has 2 rings (SSSR count). The van der Waals surface area contributed by atoms with Crippen molar-refractivity contribution in [1.82, 2.24) is 5.32 Å². The van der Waals surface area contributed by atoms with Crippen LogP contribution in [0.1, 0.15) is 12.0 Å². The summed E-state index contributed by atoms with van der Waals surface area (Å²) in [4.78, 5) is 0. The summed E-state index contributed by atoms with van der Waals surface area (Å²) in [6.07, 6.45) is 0.881. The van der Waals surface area contributed by atoms with E-state index >= 15 is 0 Å². The fourth-order valence-corrected chi connectivity index (χ4v) is 1.67. The zero-order valence-corrected chi connectivity index (χ0v) is 8.60. The van der Waals surface area contributed by atoms with Gasteiger partial charge in [-0.2, -0.15) is 0 Å². The Morgan fingerprint density at radius 2 is 1.94 bits per heavy atom. The van der Waals surface area contributed by atoms with E-state index in [4.69, 9.17) is 4.74 Å². The van der Waals surface area contributed by atoms with E-state index in [1.54, 1.807) is 0 Å². The molecule has 0 radical (unpaired) electrons. The first-order chi connectivity index (χ1) is 7.66. The maximum absolute atomic E-state index is 12.9. The van der Waals surface area contributed by atoms with Crippen molar-refractivity contribution in [2.45, 2.75) is 19.0 Å². The fraction of sp³-hybridized carbons (Fsp3) is 0.455. The molecule has 5 heteroatoms. The van der Waals surface area contributed by atoms with E-state index < -0.39 is 17.5 Å². The minimum Gasteiger partial charge on any atom is -0.380 e. The predicted octanol–water partition coefficient (Wildman–Crippen LogP) is 1.98. The van der Waals surface area contributed by atoms with E-state index in [0.29, 0.717) is 25.3 Å². The molecule has 0 aromatic heterocycles. The molecular weight excluding hydrogens is 219 g/mol. The summed E-state index contributed by atoms with van der Waals surface area (Å²) in [5, 5.41) is 3.09. The standard InChI is InChI=1S/C11H12F3NO/c12-9-3-7(4-10(13)11(9)14)5-15-8-1-2-16-6-8/h3-4,8,15H,1-2,5-6H2. The molecule has 1 atom stereocenters. The molecule has 88 valence electrons. The van der Waals surface area contributed by atoms with Gasteiger partial charge in [0.2, 0.25) is 0 Å². The minimum absolute atomic E-state index is 0.205. The van der Waals surface area contributed by atoms with E-state index in [2.05, 4.69) is 5.32 Å². The molecule has 1 unspecified atom stereocenters. The second-order valence-corrected chi connectivity index (χ2v) is 3.81. The lowest BCUT2D eigenvalue weighted by molar-refractivity contribution is 0.190. The largest absolute Gasteiger partial charge is 0.380 e. The second kappa shape index (κ2) is 4.84. The van der Waals surface area contributed by atoms with Gasteiger partial charge in [0.15, 0.2) is 17.5 Å². The number of ether oxygens (including phenoxy) is 1. The van der Waals surface area contributed by atoms with Crippen molar-refractivity contribution in [3.63, 3.8) is 0 Å². The van der Waals surface area contributed by atoms with Crippen molar-refractivity contribution in [3.05, 3.63) is 35.1 Å². The SMILES string of the molecule is Fc1cc(CNC2CCOC2)cc(F)c1F. The quantitative estimate of drug-likeness (QED) is 0.803. The average molecular weight is 231 g/mol. The smallest absolute Gasteiger partial charge is 0.194 e. The van der Waals surface area contributed by atoms with E-state index in [1.807, 2.05) is 0 Å². The Morgan fingerprint density at radius 3 is 2.50 bits per heavy atom. The van der Waals surface area contributed by atoms with Crippen LogP contribution >= 0.6 is 0 Å². The van der Waals surface area contributed by atoms with Crippen LogP contribution in [0.3, 0.4) is 0 Å². The summed E-state index contributed by atoms with van der Waals surface area (Å²) in [5.74, 6) is -3.73. The Kier molecular flexibility index (Phi) is 3.46. The summed E-state index contributed by atoms with van der Waals surface area (Å²) < 4.78 is 43.5. The van der Waals surface area contributed by atoms with E-state index in [0.717, 1.165) is 18.6 Å². The fourth-order valence-electron chi connectivity index (χ4n) is 1.67. The third kappa shape index (κ3) is 2.54. The Bertz CT molecular complexity index is 354. The molecule has 1 aliphatic heterocycles. The molecule has 0 bridgehead atoms. The molecule has 1 aromatic carbocycles. The van der Waals surface area contributed by atoms with Crippen LogP contribution in [-0.4, -0.2) is 19.3 Å². The van der Waals surface area contributed by atoms with Crippen LogP contribution in [-0.2, 0) is 11.3 Å². The van der Waals surface area contributed by atoms with Gasteiger partial charge in [0.25, 0.3) is 0 Å². The Hall–Kier alpha value is -1.07. The maximum Gasteiger partial charge on any atom is 0.194 e. The highest BCUT2D eigenvalue weighted by Gasteiger charge is 2.15. The van der Waals surface area contributed by atoms with Gasteiger partial charge in [0.1, 0.15) is 0 Å². The van der Waals surface area contributed by atoms with Crippen LogP contribution < -0.4 is 5.32 Å². The molecular formula is C11H12F3NO. The van der Waals surface area contributed by atoms with Crippen LogP contribution in [0, 0.1) is 17.5 Å². The summed E-state index contributed by atoms with van der Waals surface area (Å²) in [6, 6.07) is 2.21. The molecule has 1 aromatic rings. The average Bonchev–Trinajstić information content (AvgIpc) is 2.75. The van der Waals surface area contributed by atoms with Crippen LogP contribution in [0.5, 0.6) is 0 Å². The van der Waals surface area contributed by atoms with Crippen molar-refractivity contribution in [1.29, 1.82) is 0 Å². The molecule has 1 aliphatic rings. The second-order valence-electron chi connectivity index (χ2n) is 3.81. The van der Waals surface area contributed by atoms with E-state index in [-0.39, 0.29) is 6.04 Å². The first-order valence-electron chi connectivity index (χ1n) is 5.11. The van der Waals surface area contributed by atoms with Gasteiger partial charge in [-0.3, -0.25) is 0 Å². The van der Waals surface area contributed by atoms with Crippen molar-refractivity contribution in [3.8, 4) is 0 Å². The molecule has 0 aliphatic carbocycles. The van der Waals surface area contributed by atoms with Crippen molar-refractivity contribution < 1.29 is 17.9 Å². The lowest BCUT2D eigenvalue weighted by atomic mass is 10.2. The van der Waals surface area contributed by atoms with Gasteiger partial charge in [-0.25, -0.2) is 13.2 Å². The summed E-state index contributed by atoms with van der Waals surface area (Å²) in [5.41, 5.74) is 0.392. The minimum atomic E-state index is -1.42. The van der Waals surface area contributed by atoms with E-state index in [9.17, 15) is 13.2 Å². The third-order valence-electron chi connectivity index (χ3n) is 2.57. The number of halogens is 3. The van der Waals surface area contributed by atoms with E-state index in [1.165, 1.54) is 0 Å². The third-order valence-corrected chi connectivity index (χ3v) is 2.57. The molecule has 2 nitrogen and oxygen atoms in total. The molecule has 1 fully saturated rings. The monoisotopic (exact) mass is 231 g/mol. The molecule has 1 saturated heterocycles. The molecule has 0 saturated carbocycles. The lowest BCUT2D eigenvalue weighted by Crippen LogP contribution is -2.28. The van der Waals surface area contributed by atoms with Gasteiger partial charge in [0.05, 0.1) is 6.61 Å². The Balaban J connectivity index is 1.98. The van der Waals surface area contributed by atoms with Gasteiger partial charge < -0.3 is 10.1 Å². The number of nitrogens with one attached hydrogen (secondary N) is 1. The highest BCUT2D eigenvalue weighted by molar-refractivity contribution is 5.19. The highest BCUT2D eigenvalue weighted by atomic mass is 19.2. The number of hydrogen-bond acceptors (Lipinski definition) is 2. The number of benzene rings is 1. The Labute approximate surface area is 91.4 Å². The maximum atomic E-state index is 12.9. The first-order valence-corrected chi connectivity index (χ1v) is 5.11. The van der Waals surface area contributed by atoms with Crippen LogP contribution in [0.4, 0.5) is 13.2 Å². The van der Waals surface area contributed by atoms with Gasteiger partial charge in [-0.1, -0.05) is 0 Å². The normalized spacial score (nSPS) is 20.3. The van der Waals surface area contributed by atoms with Crippen LogP contribution in [0.15, 0.2) is 12.1 Å². The summed E-state index contributed by atoms with van der Waals surface area (Å²) in [7, 11) is 0. The van der Waals surface area contributed by atoms with Gasteiger partial charge in [-0.05, 0) is 24.1 Å². The molecule has 1 N–H and O–H groups in total. The molecule has 1 heterocycles. The molecule has 0 spiro atoms. The molecule has 0 amide bonds. The topological polar surface area (TPSA) is 21.3 Å². The van der Waals surface area contributed by atoms with Gasteiger partial charge in [-0.15, -0.1) is 0 Å². The summed E-state index contributed by atoms with van der Waals surface area (Å²) >= 11 is 0. The van der Waals surface area contributed by atoms with Crippen LogP contribution in [0.25, 0.3) is 0 Å². The molecule has 16 heavy (non-hydrogen) atoms.